The fraction of sp³-hybridized carbons (Fsp3) is 0.273. The third-order valence-electron chi connectivity index (χ3n) is 4.54. The zero-order valence-electron chi connectivity index (χ0n) is 17.1. The van der Waals surface area contributed by atoms with E-state index in [0.717, 1.165) is 22.4 Å². The number of benzene rings is 2. The van der Waals surface area contributed by atoms with E-state index in [1.165, 1.54) is 0 Å². The number of hydrogen-bond donors (Lipinski definition) is 1. The van der Waals surface area contributed by atoms with Crippen LogP contribution in [0.4, 0.5) is 5.82 Å². The van der Waals surface area contributed by atoms with E-state index < -0.39 is 0 Å². The van der Waals surface area contributed by atoms with Gasteiger partial charge < -0.3 is 19.5 Å². The van der Waals surface area contributed by atoms with Crippen LogP contribution in [0.1, 0.15) is 16.7 Å². The van der Waals surface area contributed by atoms with Crippen molar-refractivity contribution >= 4 is 11.7 Å². The average molecular weight is 395 g/mol. The first-order valence-corrected chi connectivity index (χ1v) is 9.24. The number of methoxy groups -OCH3 is 2. The molecule has 0 aliphatic heterocycles. The summed E-state index contributed by atoms with van der Waals surface area (Å²) < 4.78 is 18.2. The van der Waals surface area contributed by atoms with Crippen LogP contribution in [-0.2, 0) is 11.3 Å². The molecule has 0 saturated heterocycles. The van der Waals surface area contributed by atoms with E-state index in [1.807, 2.05) is 50.2 Å². The van der Waals surface area contributed by atoms with E-state index in [4.69, 9.17) is 14.2 Å². The highest BCUT2D eigenvalue weighted by molar-refractivity contribution is 5.91. The van der Waals surface area contributed by atoms with E-state index >= 15 is 0 Å². The van der Waals surface area contributed by atoms with Gasteiger partial charge in [0.15, 0.2) is 18.1 Å². The monoisotopic (exact) mass is 395 g/mol. The standard InChI is InChI=1S/C22H25N3O4/c1-15-7-5-8-16(2)21(15)29-14-20(26)24-19-11-12-23-25(19)13-17-9-6-10-18(27-3)22(17)28-4/h5-12H,13-14H2,1-4H3,(H,24,26). The number of para-hydroxylation sites is 2. The Kier molecular flexibility index (Phi) is 6.39. The number of nitrogens with zero attached hydrogens (tertiary/aromatic N) is 2. The molecule has 0 aliphatic carbocycles. The van der Waals surface area contributed by atoms with E-state index in [2.05, 4.69) is 10.4 Å². The van der Waals surface area contributed by atoms with E-state index in [-0.39, 0.29) is 12.5 Å². The summed E-state index contributed by atoms with van der Waals surface area (Å²) in [6, 6.07) is 13.3. The van der Waals surface area contributed by atoms with E-state index in [0.29, 0.717) is 23.9 Å². The summed E-state index contributed by atoms with van der Waals surface area (Å²) in [4.78, 5) is 12.4. The van der Waals surface area contributed by atoms with Crippen LogP contribution in [-0.4, -0.2) is 36.5 Å². The third-order valence-corrected chi connectivity index (χ3v) is 4.54. The van der Waals surface area contributed by atoms with Gasteiger partial charge >= 0.3 is 0 Å². The largest absolute Gasteiger partial charge is 0.493 e. The van der Waals surface area contributed by atoms with Crippen LogP contribution in [0, 0.1) is 13.8 Å². The lowest BCUT2D eigenvalue weighted by Gasteiger charge is -2.15. The first-order valence-electron chi connectivity index (χ1n) is 9.24. The number of carbonyl (C=O) groups is 1. The van der Waals surface area contributed by atoms with Crippen molar-refractivity contribution in [2.45, 2.75) is 20.4 Å². The quantitative estimate of drug-likeness (QED) is 0.631. The minimum Gasteiger partial charge on any atom is -0.493 e. The van der Waals surface area contributed by atoms with Crippen LogP contribution < -0.4 is 19.5 Å². The second kappa shape index (κ2) is 9.14. The molecule has 0 aliphatic rings. The predicted molar refractivity (Wildman–Crippen MR) is 111 cm³/mol. The maximum Gasteiger partial charge on any atom is 0.263 e. The summed E-state index contributed by atoms with van der Waals surface area (Å²) in [6.07, 6.45) is 1.63. The van der Waals surface area contributed by atoms with Gasteiger partial charge in [0, 0.05) is 11.6 Å². The zero-order valence-corrected chi connectivity index (χ0v) is 17.1. The van der Waals surface area contributed by atoms with Gasteiger partial charge in [-0.3, -0.25) is 4.79 Å². The Morgan fingerprint density at radius 1 is 1.00 bits per heavy atom. The number of ether oxygens (including phenoxy) is 3. The molecule has 3 rings (SSSR count). The van der Waals surface area contributed by atoms with Crippen molar-refractivity contribution in [2.24, 2.45) is 0 Å². The van der Waals surface area contributed by atoms with Crippen molar-refractivity contribution in [3.8, 4) is 17.2 Å². The molecule has 0 bridgehead atoms. The Balaban J connectivity index is 1.69. The third kappa shape index (κ3) is 4.68. The summed E-state index contributed by atoms with van der Waals surface area (Å²) in [7, 11) is 3.19. The molecule has 1 heterocycles. The highest BCUT2D eigenvalue weighted by atomic mass is 16.5. The molecule has 1 aromatic heterocycles. The summed E-state index contributed by atoms with van der Waals surface area (Å²) in [5.41, 5.74) is 2.87. The molecule has 0 unspecified atom stereocenters. The first kappa shape index (κ1) is 20.3. The smallest absolute Gasteiger partial charge is 0.263 e. The maximum absolute atomic E-state index is 12.4. The molecule has 0 atom stereocenters. The maximum atomic E-state index is 12.4. The molecule has 7 nitrogen and oxygen atoms in total. The van der Waals surface area contributed by atoms with Crippen molar-refractivity contribution in [1.29, 1.82) is 0 Å². The lowest BCUT2D eigenvalue weighted by molar-refractivity contribution is -0.118. The molecule has 7 heteroatoms. The molecule has 1 amide bonds. The number of hydrogen-bond acceptors (Lipinski definition) is 5. The van der Waals surface area contributed by atoms with Gasteiger partial charge in [0.05, 0.1) is 27.0 Å². The SMILES string of the molecule is COc1cccc(Cn2nccc2NC(=O)COc2c(C)cccc2C)c1OC. The molecule has 0 fully saturated rings. The predicted octanol–water partition coefficient (Wildman–Crippen LogP) is 3.58. The Bertz CT molecular complexity index is 977. The van der Waals surface area contributed by atoms with Gasteiger partial charge in [-0.05, 0) is 31.0 Å². The lowest BCUT2D eigenvalue weighted by atomic mass is 10.1. The zero-order chi connectivity index (χ0) is 20.8. The fourth-order valence-electron chi connectivity index (χ4n) is 3.15. The van der Waals surface area contributed by atoms with Crippen molar-refractivity contribution in [2.75, 3.05) is 26.1 Å². The Hall–Kier alpha value is -3.48. The number of anilines is 1. The summed E-state index contributed by atoms with van der Waals surface area (Å²) in [5, 5.41) is 7.16. The second-order valence-corrected chi connectivity index (χ2v) is 6.58. The number of aryl methyl sites for hydroxylation is 2. The topological polar surface area (TPSA) is 74.6 Å². The summed E-state index contributed by atoms with van der Waals surface area (Å²) in [5.74, 6) is 2.33. The normalized spacial score (nSPS) is 10.5. The van der Waals surface area contributed by atoms with Gasteiger partial charge in [0.2, 0.25) is 0 Å². The fourth-order valence-corrected chi connectivity index (χ4v) is 3.15. The molecule has 2 aromatic carbocycles. The van der Waals surface area contributed by atoms with Gasteiger partial charge in [0.1, 0.15) is 11.6 Å². The minimum absolute atomic E-state index is 0.0840. The van der Waals surface area contributed by atoms with Crippen LogP contribution in [0.5, 0.6) is 17.2 Å². The number of carbonyl (C=O) groups excluding carboxylic acids is 1. The summed E-state index contributed by atoms with van der Waals surface area (Å²) in [6.45, 7) is 4.24. The molecule has 29 heavy (non-hydrogen) atoms. The van der Waals surface area contributed by atoms with Crippen molar-refractivity contribution in [1.82, 2.24) is 9.78 Å². The molecule has 3 aromatic rings. The van der Waals surface area contributed by atoms with E-state index in [9.17, 15) is 4.79 Å². The van der Waals surface area contributed by atoms with Crippen LogP contribution in [0.15, 0.2) is 48.7 Å². The molecule has 0 spiro atoms. The minimum atomic E-state index is -0.257. The molecular formula is C22H25N3O4. The van der Waals surface area contributed by atoms with Crippen LogP contribution in [0.2, 0.25) is 0 Å². The molecule has 0 saturated carbocycles. The van der Waals surface area contributed by atoms with Gasteiger partial charge in [-0.2, -0.15) is 5.10 Å². The highest BCUT2D eigenvalue weighted by Gasteiger charge is 2.14. The second-order valence-electron chi connectivity index (χ2n) is 6.58. The van der Waals surface area contributed by atoms with Gasteiger partial charge in [0.25, 0.3) is 5.91 Å². The molecular weight excluding hydrogens is 370 g/mol. The Morgan fingerprint density at radius 2 is 1.72 bits per heavy atom. The average Bonchev–Trinajstić information content (AvgIpc) is 3.13. The molecule has 152 valence electrons. The highest BCUT2D eigenvalue weighted by Crippen LogP contribution is 2.31. The Morgan fingerprint density at radius 3 is 2.41 bits per heavy atom. The van der Waals surface area contributed by atoms with E-state index in [1.54, 1.807) is 31.2 Å². The lowest BCUT2D eigenvalue weighted by Crippen LogP contribution is -2.22. The van der Waals surface area contributed by atoms with Crippen molar-refractivity contribution in [3.63, 3.8) is 0 Å². The van der Waals surface area contributed by atoms with Crippen LogP contribution in [0.3, 0.4) is 0 Å². The van der Waals surface area contributed by atoms with Gasteiger partial charge in [-0.15, -0.1) is 0 Å². The number of amides is 1. The van der Waals surface area contributed by atoms with Crippen molar-refractivity contribution < 1.29 is 19.0 Å². The molecule has 0 radical (unpaired) electrons. The van der Waals surface area contributed by atoms with Crippen LogP contribution in [0.25, 0.3) is 0 Å². The van der Waals surface area contributed by atoms with Gasteiger partial charge in [-0.1, -0.05) is 30.3 Å². The molecule has 1 N–H and O–H groups in total. The van der Waals surface area contributed by atoms with Gasteiger partial charge in [-0.25, -0.2) is 4.68 Å². The Labute approximate surface area is 170 Å². The van der Waals surface area contributed by atoms with Crippen LogP contribution >= 0.6 is 0 Å². The number of nitrogens with one attached hydrogen (secondary N) is 1. The summed E-state index contributed by atoms with van der Waals surface area (Å²) >= 11 is 0. The first-order chi connectivity index (χ1) is 14.0. The number of rotatable bonds is 8. The van der Waals surface area contributed by atoms with Crippen molar-refractivity contribution in [3.05, 3.63) is 65.4 Å². The number of aromatic nitrogens is 2.